The number of rotatable bonds is 5. The molecule has 0 saturated carbocycles. The second-order valence-electron chi connectivity index (χ2n) is 5.54. The molecule has 7 heteroatoms. The van der Waals surface area contributed by atoms with Gasteiger partial charge in [0.25, 0.3) is 0 Å². The second-order valence-corrected chi connectivity index (χ2v) is 8.09. The molecule has 0 aliphatic heterocycles. The lowest BCUT2D eigenvalue weighted by Gasteiger charge is -2.10. The van der Waals surface area contributed by atoms with Crippen molar-refractivity contribution in [2.75, 3.05) is 6.54 Å². The Labute approximate surface area is 150 Å². The summed E-state index contributed by atoms with van der Waals surface area (Å²) in [4.78, 5) is 3.22. The van der Waals surface area contributed by atoms with E-state index in [1.165, 1.54) is 12.1 Å². The summed E-state index contributed by atoms with van der Waals surface area (Å²) in [6.45, 7) is 2.02. The van der Waals surface area contributed by atoms with Crippen LogP contribution in [0.25, 0.3) is 10.9 Å². The molecule has 0 aliphatic carbocycles. The molecule has 0 spiro atoms. The fraction of sp³-hybridized carbons (Fsp3) is 0.176. The van der Waals surface area contributed by atoms with E-state index in [-0.39, 0.29) is 16.5 Å². The third kappa shape index (κ3) is 3.44. The normalized spacial score (nSPS) is 12.0. The number of aryl methyl sites for hydroxylation is 1. The lowest BCUT2D eigenvalue weighted by Crippen LogP contribution is -2.26. The van der Waals surface area contributed by atoms with Gasteiger partial charge in [0.2, 0.25) is 10.0 Å². The molecular formula is C17H16Cl2N2O2S. The Kier molecular flexibility index (Phi) is 4.88. The van der Waals surface area contributed by atoms with Gasteiger partial charge in [-0.1, -0.05) is 41.4 Å². The summed E-state index contributed by atoms with van der Waals surface area (Å²) in [5, 5.41) is 1.65. The SMILES string of the molecule is Cc1cc(S(=O)(=O)NCCc2c[nH]c3ccccc23)c(Cl)cc1Cl. The van der Waals surface area contributed by atoms with Gasteiger partial charge in [0, 0.05) is 28.7 Å². The Morgan fingerprint density at radius 1 is 1.12 bits per heavy atom. The number of para-hydroxylation sites is 1. The van der Waals surface area contributed by atoms with E-state index in [0.717, 1.165) is 16.5 Å². The van der Waals surface area contributed by atoms with Crippen LogP contribution in [-0.4, -0.2) is 19.9 Å². The van der Waals surface area contributed by atoms with Crippen LogP contribution in [-0.2, 0) is 16.4 Å². The third-order valence-corrected chi connectivity index (χ3v) is 6.20. The summed E-state index contributed by atoms with van der Waals surface area (Å²) in [6.07, 6.45) is 2.48. The van der Waals surface area contributed by atoms with Crippen molar-refractivity contribution in [2.45, 2.75) is 18.2 Å². The molecule has 3 rings (SSSR count). The number of H-pyrrole nitrogens is 1. The van der Waals surface area contributed by atoms with Gasteiger partial charge in [-0.05, 0) is 42.7 Å². The molecule has 3 aromatic rings. The van der Waals surface area contributed by atoms with Crippen molar-refractivity contribution in [2.24, 2.45) is 0 Å². The molecule has 0 amide bonds. The Morgan fingerprint density at radius 2 is 1.88 bits per heavy atom. The van der Waals surface area contributed by atoms with Crippen molar-refractivity contribution >= 4 is 44.1 Å². The van der Waals surface area contributed by atoms with Crippen LogP contribution in [0.3, 0.4) is 0 Å². The molecule has 0 bridgehead atoms. The summed E-state index contributed by atoms with van der Waals surface area (Å²) < 4.78 is 27.5. The van der Waals surface area contributed by atoms with E-state index in [9.17, 15) is 8.42 Å². The fourth-order valence-electron chi connectivity index (χ4n) is 2.57. The van der Waals surface area contributed by atoms with Crippen molar-refractivity contribution in [3.05, 3.63) is 63.8 Å². The number of halogens is 2. The highest BCUT2D eigenvalue weighted by molar-refractivity contribution is 7.89. The van der Waals surface area contributed by atoms with Crippen molar-refractivity contribution < 1.29 is 8.42 Å². The first-order valence-corrected chi connectivity index (χ1v) is 9.63. The Morgan fingerprint density at radius 3 is 2.67 bits per heavy atom. The average Bonchev–Trinajstić information content (AvgIpc) is 2.94. The molecule has 126 valence electrons. The van der Waals surface area contributed by atoms with Crippen LogP contribution in [0.15, 0.2) is 47.5 Å². The summed E-state index contributed by atoms with van der Waals surface area (Å²) in [5.41, 5.74) is 2.76. The van der Waals surface area contributed by atoms with E-state index in [0.29, 0.717) is 17.0 Å². The van der Waals surface area contributed by atoms with Gasteiger partial charge < -0.3 is 4.98 Å². The minimum absolute atomic E-state index is 0.0463. The van der Waals surface area contributed by atoms with Crippen LogP contribution in [0.1, 0.15) is 11.1 Å². The second kappa shape index (κ2) is 6.76. The lowest BCUT2D eigenvalue weighted by atomic mass is 10.1. The molecule has 0 aliphatic rings. The summed E-state index contributed by atoms with van der Waals surface area (Å²) in [6, 6.07) is 10.8. The lowest BCUT2D eigenvalue weighted by molar-refractivity contribution is 0.581. The van der Waals surface area contributed by atoms with E-state index in [4.69, 9.17) is 23.2 Å². The maximum absolute atomic E-state index is 12.5. The molecule has 1 aromatic heterocycles. The topological polar surface area (TPSA) is 62.0 Å². The fourth-order valence-corrected chi connectivity index (χ4v) is 4.43. The van der Waals surface area contributed by atoms with Crippen LogP contribution in [0, 0.1) is 6.92 Å². The molecule has 1 heterocycles. The highest BCUT2D eigenvalue weighted by atomic mass is 35.5. The highest BCUT2D eigenvalue weighted by Crippen LogP contribution is 2.28. The first kappa shape index (κ1) is 17.3. The van der Waals surface area contributed by atoms with Gasteiger partial charge in [-0.25, -0.2) is 13.1 Å². The summed E-state index contributed by atoms with van der Waals surface area (Å²) in [5.74, 6) is 0. The van der Waals surface area contributed by atoms with E-state index in [1.54, 1.807) is 6.92 Å². The van der Waals surface area contributed by atoms with Crippen LogP contribution < -0.4 is 4.72 Å². The predicted octanol–water partition coefficient (Wildman–Crippen LogP) is 4.30. The largest absolute Gasteiger partial charge is 0.361 e. The van der Waals surface area contributed by atoms with E-state index < -0.39 is 10.0 Å². The van der Waals surface area contributed by atoms with E-state index in [2.05, 4.69) is 9.71 Å². The zero-order valence-corrected chi connectivity index (χ0v) is 15.3. The number of hydrogen-bond donors (Lipinski definition) is 2. The summed E-state index contributed by atoms with van der Waals surface area (Å²) in [7, 11) is -3.69. The third-order valence-electron chi connectivity index (χ3n) is 3.86. The molecule has 2 N–H and O–H groups in total. The first-order valence-electron chi connectivity index (χ1n) is 7.39. The maximum atomic E-state index is 12.5. The van der Waals surface area contributed by atoms with Gasteiger partial charge in [0.1, 0.15) is 4.90 Å². The first-order chi connectivity index (χ1) is 11.4. The Hall–Kier alpha value is -1.53. The standard InChI is InChI=1S/C17H16Cl2N2O2S/c1-11-8-17(15(19)9-14(11)18)24(22,23)21-7-6-12-10-20-16-5-3-2-4-13(12)16/h2-5,8-10,20-21H,6-7H2,1H3. The zero-order chi connectivity index (χ0) is 17.3. The van der Waals surface area contributed by atoms with Gasteiger partial charge in [0.05, 0.1) is 5.02 Å². The number of sulfonamides is 1. The minimum atomic E-state index is -3.69. The molecule has 0 fully saturated rings. The van der Waals surface area contributed by atoms with Gasteiger partial charge in [-0.15, -0.1) is 0 Å². The van der Waals surface area contributed by atoms with Gasteiger partial charge in [-0.3, -0.25) is 0 Å². The molecule has 24 heavy (non-hydrogen) atoms. The van der Waals surface area contributed by atoms with Crippen LogP contribution in [0.4, 0.5) is 0 Å². The average molecular weight is 383 g/mol. The van der Waals surface area contributed by atoms with Crippen LogP contribution in [0.5, 0.6) is 0 Å². The maximum Gasteiger partial charge on any atom is 0.242 e. The van der Waals surface area contributed by atoms with Crippen molar-refractivity contribution in [3.63, 3.8) is 0 Å². The number of nitrogens with one attached hydrogen (secondary N) is 2. The zero-order valence-electron chi connectivity index (χ0n) is 12.9. The Balaban J connectivity index is 1.75. The predicted molar refractivity (Wildman–Crippen MR) is 98.4 cm³/mol. The molecule has 0 saturated heterocycles. The molecule has 2 aromatic carbocycles. The van der Waals surface area contributed by atoms with Crippen LogP contribution >= 0.6 is 23.2 Å². The van der Waals surface area contributed by atoms with Crippen LogP contribution in [0.2, 0.25) is 10.0 Å². The molecule has 4 nitrogen and oxygen atoms in total. The summed E-state index contributed by atoms with van der Waals surface area (Å²) >= 11 is 12.0. The number of fused-ring (bicyclic) bond motifs is 1. The van der Waals surface area contributed by atoms with Crippen molar-refractivity contribution in [1.82, 2.24) is 9.71 Å². The number of hydrogen-bond acceptors (Lipinski definition) is 2. The highest BCUT2D eigenvalue weighted by Gasteiger charge is 2.19. The van der Waals surface area contributed by atoms with Crippen molar-refractivity contribution in [3.8, 4) is 0 Å². The van der Waals surface area contributed by atoms with Gasteiger partial charge in [0.15, 0.2) is 0 Å². The monoisotopic (exact) mass is 382 g/mol. The van der Waals surface area contributed by atoms with Gasteiger partial charge in [-0.2, -0.15) is 0 Å². The quantitative estimate of drug-likeness (QED) is 0.690. The number of aromatic amines is 1. The molecule has 0 unspecified atom stereocenters. The Bertz CT molecular complexity index is 997. The van der Waals surface area contributed by atoms with E-state index >= 15 is 0 Å². The number of aromatic nitrogens is 1. The minimum Gasteiger partial charge on any atom is -0.361 e. The molecule has 0 radical (unpaired) electrons. The smallest absolute Gasteiger partial charge is 0.242 e. The molecule has 0 atom stereocenters. The number of benzene rings is 2. The van der Waals surface area contributed by atoms with Gasteiger partial charge >= 0.3 is 0 Å². The van der Waals surface area contributed by atoms with E-state index in [1.807, 2.05) is 30.5 Å². The molecular weight excluding hydrogens is 367 g/mol. The van der Waals surface area contributed by atoms with Crippen molar-refractivity contribution in [1.29, 1.82) is 0 Å².